The van der Waals surface area contributed by atoms with Crippen LogP contribution in [0.3, 0.4) is 0 Å². The average Bonchev–Trinajstić information content (AvgIpc) is 2.42. The predicted molar refractivity (Wildman–Crippen MR) is 106 cm³/mol. The fraction of sp³-hybridized carbons (Fsp3) is 0.957. The minimum atomic E-state index is 0.180. The second-order valence-corrected chi connectivity index (χ2v) is 10.6. The third-order valence-corrected chi connectivity index (χ3v) is 7.72. The van der Waals surface area contributed by atoms with E-state index < -0.39 is 0 Å². The summed E-state index contributed by atoms with van der Waals surface area (Å²) >= 11 is 0. The summed E-state index contributed by atoms with van der Waals surface area (Å²) in [5, 5.41) is 0. The lowest BCUT2D eigenvalue weighted by atomic mass is 9.52. The predicted octanol–water partition coefficient (Wildman–Crippen LogP) is 6.71. The van der Waals surface area contributed by atoms with Crippen LogP contribution in [-0.2, 0) is 4.79 Å². The molecule has 1 fully saturated rings. The van der Waals surface area contributed by atoms with Crippen molar-refractivity contribution in [2.75, 3.05) is 0 Å². The summed E-state index contributed by atoms with van der Waals surface area (Å²) < 4.78 is 0. The zero-order chi connectivity index (χ0) is 19.0. The number of carbonyl (C=O) groups excluding carboxylic acids is 1. The van der Waals surface area contributed by atoms with E-state index in [9.17, 15) is 4.79 Å². The van der Waals surface area contributed by atoms with Crippen LogP contribution in [0.25, 0.3) is 0 Å². The summed E-state index contributed by atoms with van der Waals surface area (Å²) in [6.07, 6.45) is 1.29. The Balaban J connectivity index is 3.11. The quantitative estimate of drug-likeness (QED) is 0.545. The molecule has 1 heteroatoms. The molecule has 0 N–H and O–H groups in total. The highest BCUT2D eigenvalue weighted by molar-refractivity contribution is 5.78. The van der Waals surface area contributed by atoms with Crippen LogP contribution in [0.5, 0.6) is 0 Å². The van der Waals surface area contributed by atoms with Crippen LogP contribution in [0.2, 0.25) is 0 Å². The van der Waals surface area contributed by atoms with Crippen LogP contribution in [0, 0.1) is 58.7 Å². The van der Waals surface area contributed by atoms with Crippen molar-refractivity contribution in [2.24, 2.45) is 58.7 Å². The molecule has 0 aromatic carbocycles. The van der Waals surface area contributed by atoms with Gasteiger partial charge in [0.1, 0.15) is 5.78 Å². The number of hydrogen-bond acceptors (Lipinski definition) is 1. The highest BCUT2D eigenvalue weighted by atomic mass is 16.1. The molecule has 0 amide bonds. The van der Waals surface area contributed by atoms with Crippen LogP contribution < -0.4 is 0 Å². The van der Waals surface area contributed by atoms with E-state index in [1.165, 1.54) is 6.42 Å². The van der Waals surface area contributed by atoms with Gasteiger partial charge in [-0.3, -0.25) is 4.79 Å². The lowest BCUT2D eigenvalue weighted by Crippen LogP contribution is -2.48. The Morgan fingerprint density at radius 2 is 1.29 bits per heavy atom. The third kappa shape index (κ3) is 4.64. The molecule has 0 bridgehead atoms. The Bertz CT molecular complexity index is 418. The summed E-state index contributed by atoms with van der Waals surface area (Å²) in [6, 6.07) is 0. The monoisotopic (exact) mass is 336 g/mol. The van der Waals surface area contributed by atoms with Crippen molar-refractivity contribution in [3.8, 4) is 0 Å². The molecular weight excluding hydrogens is 292 g/mol. The Labute approximate surface area is 152 Å². The van der Waals surface area contributed by atoms with E-state index in [0.717, 1.165) is 23.7 Å². The SMILES string of the molecule is CC(=O)C(C)C(C)C1C(C)C(C)C(C)C(C(C)CC(C)(C)C)C1C. The number of rotatable bonds is 5. The van der Waals surface area contributed by atoms with E-state index in [1.54, 1.807) is 6.92 Å². The second-order valence-electron chi connectivity index (χ2n) is 10.6. The molecule has 0 heterocycles. The highest BCUT2D eigenvalue weighted by Gasteiger charge is 2.48. The average molecular weight is 337 g/mol. The molecular formula is C23H44O. The normalized spacial score (nSPS) is 38.5. The molecule has 1 nitrogen and oxygen atoms in total. The number of carbonyl (C=O) groups is 1. The molecule has 0 radical (unpaired) electrons. The number of Topliss-reactive ketones (excluding diaryl/α,β-unsaturated/α-hetero) is 1. The molecule has 0 aromatic rings. The Morgan fingerprint density at radius 1 is 0.833 bits per heavy atom. The van der Waals surface area contributed by atoms with Gasteiger partial charge >= 0.3 is 0 Å². The van der Waals surface area contributed by atoms with Crippen molar-refractivity contribution in [3.05, 3.63) is 0 Å². The summed E-state index contributed by atoms with van der Waals surface area (Å²) in [5.41, 5.74) is 0.388. The van der Waals surface area contributed by atoms with Crippen molar-refractivity contribution < 1.29 is 4.79 Å². The topological polar surface area (TPSA) is 17.1 Å². The van der Waals surface area contributed by atoms with Gasteiger partial charge in [0.15, 0.2) is 0 Å². The molecule has 1 saturated carbocycles. The van der Waals surface area contributed by atoms with Gasteiger partial charge in [-0.15, -0.1) is 0 Å². The number of ketones is 1. The Morgan fingerprint density at radius 3 is 1.71 bits per heavy atom. The first kappa shape index (κ1) is 21.7. The summed E-state index contributed by atoms with van der Waals surface area (Å²) in [6.45, 7) is 25.7. The van der Waals surface area contributed by atoms with Gasteiger partial charge in [0, 0.05) is 5.92 Å². The molecule has 1 aliphatic carbocycles. The van der Waals surface area contributed by atoms with Gasteiger partial charge in [-0.05, 0) is 66.1 Å². The molecule has 1 aliphatic rings. The van der Waals surface area contributed by atoms with Crippen molar-refractivity contribution in [3.63, 3.8) is 0 Å². The molecule has 1 rings (SSSR count). The van der Waals surface area contributed by atoms with Gasteiger partial charge in [0.2, 0.25) is 0 Å². The smallest absolute Gasteiger partial charge is 0.132 e. The van der Waals surface area contributed by atoms with E-state index in [2.05, 4.69) is 69.2 Å². The van der Waals surface area contributed by atoms with E-state index in [0.29, 0.717) is 34.9 Å². The maximum absolute atomic E-state index is 12.0. The molecule has 142 valence electrons. The van der Waals surface area contributed by atoms with Gasteiger partial charge in [0.05, 0.1) is 0 Å². The first-order chi connectivity index (χ1) is 10.8. The second kappa shape index (κ2) is 7.92. The van der Waals surface area contributed by atoms with Crippen LogP contribution in [0.15, 0.2) is 0 Å². The fourth-order valence-corrected chi connectivity index (χ4v) is 6.19. The zero-order valence-electron chi connectivity index (χ0n) is 18.3. The lowest BCUT2D eigenvalue weighted by molar-refractivity contribution is -0.124. The molecule has 0 aromatic heterocycles. The molecule has 24 heavy (non-hydrogen) atoms. The Hall–Kier alpha value is -0.330. The van der Waals surface area contributed by atoms with Crippen LogP contribution >= 0.6 is 0 Å². The molecule has 0 saturated heterocycles. The number of hydrogen-bond donors (Lipinski definition) is 0. The fourth-order valence-electron chi connectivity index (χ4n) is 6.19. The van der Waals surface area contributed by atoms with Gasteiger partial charge in [0.25, 0.3) is 0 Å². The maximum atomic E-state index is 12.0. The molecule has 0 spiro atoms. The minimum absolute atomic E-state index is 0.180. The van der Waals surface area contributed by atoms with E-state index in [4.69, 9.17) is 0 Å². The van der Waals surface area contributed by atoms with Crippen molar-refractivity contribution in [2.45, 2.75) is 82.6 Å². The largest absolute Gasteiger partial charge is 0.300 e. The van der Waals surface area contributed by atoms with Crippen molar-refractivity contribution in [1.82, 2.24) is 0 Å². The van der Waals surface area contributed by atoms with E-state index >= 15 is 0 Å². The summed E-state index contributed by atoms with van der Waals surface area (Å²) in [5.74, 6) is 6.07. The first-order valence-electron chi connectivity index (χ1n) is 10.3. The Kier molecular flexibility index (Phi) is 7.16. The van der Waals surface area contributed by atoms with Crippen LogP contribution in [0.4, 0.5) is 0 Å². The van der Waals surface area contributed by atoms with E-state index in [1.807, 2.05) is 0 Å². The molecule has 9 unspecified atom stereocenters. The van der Waals surface area contributed by atoms with E-state index in [-0.39, 0.29) is 5.92 Å². The summed E-state index contributed by atoms with van der Waals surface area (Å²) in [7, 11) is 0. The minimum Gasteiger partial charge on any atom is -0.300 e. The van der Waals surface area contributed by atoms with Crippen molar-refractivity contribution >= 4 is 5.78 Å². The molecule has 9 atom stereocenters. The lowest BCUT2D eigenvalue weighted by Gasteiger charge is -2.53. The maximum Gasteiger partial charge on any atom is 0.132 e. The van der Waals surface area contributed by atoms with Gasteiger partial charge in [-0.2, -0.15) is 0 Å². The standard InChI is InChI=1S/C23H44O/c1-13(12-23(9,10)11)21-16(4)14(2)17(5)22(19(21)7)18(6)15(3)20(8)24/h13-19,21-22H,12H2,1-11H3. The van der Waals surface area contributed by atoms with Crippen molar-refractivity contribution in [1.29, 1.82) is 0 Å². The van der Waals surface area contributed by atoms with Crippen LogP contribution in [-0.4, -0.2) is 5.78 Å². The zero-order valence-corrected chi connectivity index (χ0v) is 18.3. The first-order valence-corrected chi connectivity index (χ1v) is 10.3. The van der Waals surface area contributed by atoms with Gasteiger partial charge in [-0.25, -0.2) is 0 Å². The van der Waals surface area contributed by atoms with Crippen LogP contribution in [0.1, 0.15) is 82.6 Å². The highest BCUT2D eigenvalue weighted by Crippen LogP contribution is 2.53. The molecule has 0 aliphatic heterocycles. The van der Waals surface area contributed by atoms with Gasteiger partial charge < -0.3 is 0 Å². The summed E-state index contributed by atoms with van der Waals surface area (Å²) in [4.78, 5) is 12.0. The third-order valence-electron chi connectivity index (χ3n) is 7.72. The van der Waals surface area contributed by atoms with Gasteiger partial charge in [-0.1, -0.05) is 69.2 Å².